The van der Waals surface area contributed by atoms with E-state index < -0.39 is 6.04 Å². The molecule has 1 aliphatic rings. The van der Waals surface area contributed by atoms with Crippen LogP contribution in [-0.4, -0.2) is 33.5 Å². The van der Waals surface area contributed by atoms with E-state index in [0.29, 0.717) is 22.9 Å². The molecule has 3 heterocycles. The molecule has 1 N–H and O–H groups in total. The van der Waals surface area contributed by atoms with Gasteiger partial charge in [-0.3, -0.25) is 14.6 Å². The van der Waals surface area contributed by atoms with Gasteiger partial charge in [0.1, 0.15) is 11.4 Å². The largest absolute Gasteiger partial charge is 0.472 e. The first-order valence-electron chi connectivity index (χ1n) is 9.03. The minimum absolute atomic E-state index is 0.227. The molecule has 148 valence electrons. The second kappa shape index (κ2) is 8.71. The average molecular weight is 428 g/mol. The number of nitrogens with one attached hydrogen (secondary N) is 1. The molecule has 0 aliphatic carbocycles. The summed E-state index contributed by atoms with van der Waals surface area (Å²) in [5.41, 5.74) is 1.95. The minimum Gasteiger partial charge on any atom is -0.472 e. The van der Waals surface area contributed by atoms with Crippen molar-refractivity contribution < 1.29 is 14.0 Å². The van der Waals surface area contributed by atoms with Crippen LogP contribution in [0, 0.1) is 0 Å². The molecule has 0 radical (unpaired) electrons. The summed E-state index contributed by atoms with van der Waals surface area (Å²) in [7, 11) is 0. The lowest BCUT2D eigenvalue weighted by molar-refractivity contribution is -0.125. The lowest BCUT2D eigenvalue weighted by Gasteiger charge is -2.28. The number of thioether (sulfide) groups is 1. The van der Waals surface area contributed by atoms with E-state index in [-0.39, 0.29) is 17.2 Å². The van der Waals surface area contributed by atoms with Crippen molar-refractivity contribution in [1.29, 1.82) is 0 Å². The molecule has 2 amide bonds. The maximum atomic E-state index is 13.4. The molecule has 0 saturated carbocycles. The zero-order chi connectivity index (χ0) is 20.2. The molecule has 0 bridgehead atoms. The number of carbonyl (C=O) groups excluding carboxylic acids is 2. The number of nitrogens with zero attached hydrogens (tertiary/aromatic N) is 2. The van der Waals surface area contributed by atoms with Crippen LogP contribution in [0.3, 0.4) is 0 Å². The second-order valence-corrected chi connectivity index (χ2v) is 8.01. The maximum absolute atomic E-state index is 13.4. The topological polar surface area (TPSA) is 75.4 Å². The monoisotopic (exact) mass is 427 g/mol. The van der Waals surface area contributed by atoms with Crippen molar-refractivity contribution in [2.75, 3.05) is 5.75 Å². The van der Waals surface area contributed by atoms with Crippen molar-refractivity contribution in [3.05, 3.63) is 89.1 Å². The fourth-order valence-corrected chi connectivity index (χ4v) is 4.82. The van der Waals surface area contributed by atoms with Gasteiger partial charge in [-0.25, -0.2) is 0 Å². The van der Waals surface area contributed by atoms with Crippen molar-refractivity contribution >= 4 is 35.2 Å². The van der Waals surface area contributed by atoms with Gasteiger partial charge in [0, 0.05) is 17.5 Å². The number of furan rings is 1. The van der Waals surface area contributed by atoms with E-state index in [1.54, 1.807) is 54.0 Å². The number of amides is 2. The quantitative estimate of drug-likeness (QED) is 0.668. The minimum atomic E-state index is -0.632. The third kappa shape index (κ3) is 4.16. The van der Waals surface area contributed by atoms with Gasteiger partial charge in [-0.05, 0) is 30.3 Å². The Morgan fingerprint density at radius 2 is 2.03 bits per heavy atom. The zero-order valence-corrected chi connectivity index (χ0v) is 16.9. The van der Waals surface area contributed by atoms with Gasteiger partial charge >= 0.3 is 0 Å². The van der Waals surface area contributed by atoms with Crippen molar-refractivity contribution in [2.24, 2.45) is 0 Å². The summed E-state index contributed by atoms with van der Waals surface area (Å²) in [6.45, 7) is 0.297. The first-order chi connectivity index (χ1) is 14.1. The van der Waals surface area contributed by atoms with Crippen LogP contribution in [0.5, 0.6) is 0 Å². The summed E-state index contributed by atoms with van der Waals surface area (Å²) in [6, 6.07) is 13.6. The normalized spacial score (nSPS) is 18.6. The van der Waals surface area contributed by atoms with Gasteiger partial charge < -0.3 is 14.6 Å². The molecule has 1 aromatic carbocycles. The smallest absolute Gasteiger partial charge is 0.257 e. The molecular weight excluding hydrogens is 410 g/mol. The zero-order valence-electron chi connectivity index (χ0n) is 15.3. The highest BCUT2D eigenvalue weighted by atomic mass is 35.5. The van der Waals surface area contributed by atoms with Crippen LogP contribution in [-0.2, 0) is 11.3 Å². The lowest BCUT2D eigenvalue weighted by Crippen LogP contribution is -2.47. The molecule has 1 fully saturated rings. The molecule has 4 rings (SSSR count). The molecule has 0 spiro atoms. The Balaban J connectivity index is 1.59. The predicted molar refractivity (Wildman–Crippen MR) is 111 cm³/mol. The number of hydrogen-bond acceptors (Lipinski definition) is 5. The number of carbonyl (C=O) groups is 2. The summed E-state index contributed by atoms with van der Waals surface area (Å²) in [5, 5.41) is 2.92. The Bertz CT molecular complexity index is 997. The molecule has 1 saturated heterocycles. The van der Waals surface area contributed by atoms with E-state index in [9.17, 15) is 9.59 Å². The van der Waals surface area contributed by atoms with Gasteiger partial charge in [0.2, 0.25) is 5.91 Å². The number of rotatable bonds is 5. The maximum Gasteiger partial charge on any atom is 0.257 e. The van der Waals surface area contributed by atoms with Crippen LogP contribution in [0.1, 0.15) is 27.0 Å². The van der Waals surface area contributed by atoms with Crippen molar-refractivity contribution in [3.8, 4) is 0 Å². The van der Waals surface area contributed by atoms with Crippen LogP contribution < -0.4 is 5.32 Å². The summed E-state index contributed by atoms with van der Waals surface area (Å²) in [4.78, 5) is 32.1. The van der Waals surface area contributed by atoms with Gasteiger partial charge in [-0.15, -0.1) is 11.8 Å². The molecule has 6 nitrogen and oxygen atoms in total. The fraction of sp³-hybridized carbons (Fsp3) is 0.190. The van der Waals surface area contributed by atoms with Crippen molar-refractivity contribution in [2.45, 2.75) is 18.0 Å². The van der Waals surface area contributed by atoms with Crippen LogP contribution in [0.4, 0.5) is 0 Å². The van der Waals surface area contributed by atoms with E-state index in [1.165, 1.54) is 11.8 Å². The number of pyridine rings is 1. The summed E-state index contributed by atoms with van der Waals surface area (Å²) < 4.78 is 5.20. The Kier molecular flexibility index (Phi) is 5.87. The van der Waals surface area contributed by atoms with Crippen LogP contribution in [0.2, 0.25) is 5.02 Å². The van der Waals surface area contributed by atoms with Crippen molar-refractivity contribution in [3.63, 3.8) is 0 Å². The highest BCUT2D eigenvalue weighted by Crippen LogP contribution is 2.42. The van der Waals surface area contributed by atoms with Gasteiger partial charge in [0.25, 0.3) is 5.91 Å². The summed E-state index contributed by atoms with van der Waals surface area (Å²) in [6.07, 6.45) is 4.83. The third-order valence-electron chi connectivity index (χ3n) is 4.64. The molecular formula is C21H18ClN3O3S. The Hall–Kier alpha value is -2.77. The van der Waals surface area contributed by atoms with E-state index >= 15 is 0 Å². The first-order valence-corrected chi connectivity index (χ1v) is 10.5. The van der Waals surface area contributed by atoms with Crippen LogP contribution >= 0.6 is 23.4 Å². The predicted octanol–water partition coefficient (Wildman–Crippen LogP) is 3.90. The molecule has 1 aliphatic heterocycles. The number of hydrogen-bond donors (Lipinski definition) is 1. The fourth-order valence-electron chi connectivity index (χ4n) is 3.20. The van der Waals surface area contributed by atoms with Crippen LogP contribution in [0.25, 0.3) is 0 Å². The van der Waals surface area contributed by atoms with E-state index in [1.807, 2.05) is 18.2 Å². The van der Waals surface area contributed by atoms with Gasteiger partial charge in [-0.2, -0.15) is 0 Å². The average Bonchev–Trinajstić information content (AvgIpc) is 3.42. The third-order valence-corrected chi connectivity index (χ3v) is 6.29. The standard InChI is InChI=1S/C21H18ClN3O3S/c22-17-7-2-1-6-16(17)20(27)25-18(13-29-21(25)14-8-10-28-12-14)19(26)24-11-15-5-3-4-9-23-15/h1-10,12,18,21H,11,13H2,(H,24,26). The van der Waals surface area contributed by atoms with Crippen molar-refractivity contribution in [1.82, 2.24) is 15.2 Å². The summed E-state index contributed by atoms with van der Waals surface area (Å²) >= 11 is 7.78. The molecule has 2 atom stereocenters. The molecule has 2 aromatic heterocycles. The molecule has 2 unspecified atom stereocenters. The number of aromatic nitrogens is 1. The van der Waals surface area contributed by atoms with E-state index in [2.05, 4.69) is 10.3 Å². The Morgan fingerprint density at radius 3 is 2.76 bits per heavy atom. The molecule has 3 aromatic rings. The lowest BCUT2D eigenvalue weighted by atomic mass is 10.1. The summed E-state index contributed by atoms with van der Waals surface area (Å²) in [5.74, 6) is -0.0422. The van der Waals surface area contributed by atoms with Gasteiger partial charge in [-0.1, -0.05) is 29.8 Å². The molecule has 29 heavy (non-hydrogen) atoms. The highest BCUT2D eigenvalue weighted by Gasteiger charge is 2.43. The van der Waals surface area contributed by atoms with Gasteiger partial charge in [0.05, 0.1) is 35.4 Å². The molecule has 8 heteroatoms. The SMILES string of the molecule is O=C(NCc1ccccn1)C1CSC(c2ccoc2)N1C(=O)c1ccccc1Cl. The second-order valence-electron chi connectivity index (χ2n) is 6.49. The number of benzene rings is 1. The Labute approximate surface area is 177 Å². The van der Waals surface area contributed by atoms with E-state index in [0.717, 1.165) is 11.3 Å². The number of halogens is 1. The van der Waals surface area contributed by atoms with Crippen LogP contribution in [0.15, 0.2) is 71.7 Å². The highest BCUT2D eigenvalue weighted by molar-refractivity contribution is 7.99. The van der Waals surface area contributed by atoms with E-state index in [4.69, 9.17) is 16.0 Å². The first kappa shape index (κ1) is 19.5. The van der Waals surface area contributed by atoms with Gasteiger partial charge in [0.15, 0.2) is 0 Å². The Morgan fingerprint density at radius 1 is 1.21 bits per heavy atom.